The van der Waals surface area contributed by atoms with Crippen LogP contribution in [0.1, 0.15) is 47.0 Å². The van der Waals surface area contributed by atoms with Crippen molar-refractivity contribution in [3.05, 3.63) is 11.6 Å². The summed E-state index contributed by atoms with van der Waals surface area (Å²) < 4.78 is 0. The zero-order valence-electron chi connectivity index (χ0n) is 11.0. The van der Waals surface area contributed by atoms with Crippen molar-refractivity contribution < 1.29 is 5.11 Å². The predicted octanol–water partition coefficient (Wildman–Crippen LogP) is 3.39. The summed E-state index contributed by atoms with van der Waals surface area (Å²) in [5.74, 6) is 2.22. The van der Waals surface area contributed by atoms with Gasteiger partial charge in [-0.2, -0.15) is 0 Å². The third-order valence-electron chi connectivity index (χ3n) is 6.52. The van der Waals surface area contributed by atoms with E-state index in [1.807, 2.05) is 0 Å². The topological polar surface area (TPSA) is 20.2 Å². The summed E-state index contributed by atoms with van der Waals surface area (Å²) in [6, 6.07) is 0. The van der Waals surface area contributed by atoms with Crippen LogP contribution in [0, 0.1) is 28.6 Å². The molecule has 0 heterocycles. The van der Waals surface area contributed by atoms with Crippen molar-refractivity contribution in [3.63, 3.8) is 0 Å². The lowest BCUT2D eigenvalue weighted by atomic mass is 9.61. The molecule has 3 rings (SSSR count). The fourth-order valence-electron chi connectivity index (χ4n) is 5.51. The molecule has 3 aliphatic rings. The molecule has 0 aliphatic heterocycles. The second-order valence-corrected chi connectivity index (χ2v) is 6.81. The minimum atomic E-state index is -0.111. The van der Waals surface area contributed by atoms with Gasteiger partial charge in [0.1, 0.15) is 0 Å². The zero-order chi connectivity index (χ0) is 11.7. The molecule has 0 radical (unpaired) electrons. The summed E-state index contributed by atoms with van der Waals surface area (Å²) in [7, 11) is 0. The van der Waals surface area contributed by atoms with E-state index in [-0.39, 0.29) is 11.5 Å². The highest BCUT2D eigenvalue weighted by atomic mass is 16.3. The number of aliphatic hydroxyl groups excluding tert-OH is 1. The van der Waals surface area contributed by atoms with Crippen molar-refractivity contribution in [1.29, 1.82) is 0 Å². The number of rotatable bonds is 0. The normalized spacial score (nSPS) is 59.7. The van der Waals surface area contributed by atoms with Gasteiger partial charge < -0.3 is 5.11 Å². The van der Waals surface area contributed by atoms with Crippen molar-refractivity contribution in [2.24, 2.45) is 28.6 Å². The van der Waals surface area contributed by atoms with Gasteiger partial charge in [-0.05, 0) is 49.4 Å². The lowest BCUT2D eigenvalue weighted by Crippen LogP contribution is -2.41. The van der Waals surface area contributed by atoms with Gasteiger partial charge in [0.2, 0.25) is 0 Å². The molecule has 0 amide bonds. The average molecular weight is 220 g/mol. The quantitative estimate of drug-likeness (QED) is 0.620. The molecule has 6 atom stereocenters. The Hall–Kier alpha value is -0.300. The average Bonchev–Trinajstić information content (AvgIpc) is 2.72. The first-order valence-corrected chi connectivity index (χ1v) is 6.81. The molecule has 1 spiro atoms. The van der Waals surface area contributed by atoms with Gasteiger partial charge >= 0.3 is 0 Å². The van der Waals surface area contributed by atoms with Gasteiger partial charge in [0, 0.05) is 5.41 Å². The maximum absolute atomic E-state index is 10.5. The summed E-state index contributed by atoms with van der Waals surface area (Å²) in [4.78, 5) is 0. The van der Waals surface area contributed by atoms with Gasteiger partial charge in [-0.15, -0.1) is 0 Å². The SMILES string of the molecule is CC1=C[C@]2(C)[C@@H](O)C[C@H]3[C@H](C)CC[C@@]32[C@H]1C. The van der Waals surface area contributed by atoms with Crippen LogP contribution in [-0.4, -0.2) is 11.2 Å². The molecule has 90 valence electrons. The Morgan fingerprint density at radius 2 is 2.06 bits per heavy atom. The first-order valence-electron chi connectivity index (χ1n) is 6.81. The van der Waals surface area contributed by atoms with E-state index in [2.05, 4.69) is 33.8 Å². The molecule has 0 bridgehead atoms. The molecular formula is C15H24O. The first kappa shape index (κ1) is 10.8. The highest BCUT2D eigenvalue weighted by molar-refractivity contribution is 5.33. The fraction of sp³-hybridized carbons (Fsp3) is 0.867. The Morgan fingerprint density at radius 1 is 1.38 bits per heavy atom. The van der Waals surface area contributed by atoms with Crippen LogP contribution in [0.2, 0.25) is 0 Å². The molecule has 2 fully saturated rings. The molecule has 2 saturated carbocycles. The Labute approximate surface area is 98.9 Å². The Kier molecular flexibility index (Phi) is 1.98. The minimum Gasteiger partial charge on any atom is -0.392 e. The Bertz CT molecular complexity index is 358. The number of allylic oxidation sites excluding steroid dienone is 1. The summed E-state index contributed by atoms with van der Waals surface area (Å²) in [6.45, 7) is 9.34. The third-order valence-corrected chi connectivity index (χ3v) is 6.52. The van der Waals surface area contributed by atoms with E-state index >= 15 is 0 Å². The van der Waals surface area contributed by atoms with Crippen LogP contribution in [0.3, 0.4) is 0 Å². The molecule has 3 aliphatic carbocycles. The van der Waals surface area contributed by atoms with E-state index in [4.69, 9.17) is 0 Å². The highest BCUT2D eigenvalue weighted by Gasteiger charge is 2.68. The van der Waals surface area contributed by atoms with Gasteiger partial charge in [-0.3, -0.25) is 0 Å². The van der Waals surface area contributed by atoms with Crippen LogP contribution >= 0.6 is 0 Å². The van der Waals surface area contributed by atoms with E-state index in [0.29, 0.717) is 11.3 Å². The Balaban J connectivity index is 2.15. The number of hydrogen-bond donors (Lipinski definition) is 1. The van der Waals surface area contributed by atoms with E-state index in [1.54, 1.807) is 0 Å². The monoisotopic (exact) mass is 220 g/mol. The van der Waals surface area contributed by atoms with E-state index in [0.717, 1.165) is 18.3 Å². The van der Waals surface area contributed by atoms with E-state index in [9.17, 15) is 5.11 Å². The van der Waals surface area contributed by atoms with Crippen molar-refractivity contribution in [1.82, 2.24) is 0 Å². The van der Waals surface area contributed by atoms with Crippen LogP contribution in [0.15, 0.2) is 11.6 Å². The van der Waals surface area contributed by atoms with Crippen LogP contribution in [0.5, 0.6) is 0 Å². The molecule has 1 nitrogen and oxygen atoms in total. The predicted molar refractivity (Wildman–Crippen MR) is 66.0 cm³/mol. The molecule has 0 aromatic rings. The van der Waals surface area contributed by atoms with Crippen molar-refractivity contribution >= 4 is 0 Å². The second-order valence-electron chi connectivity index (χ2n) is 6.81. The fourth-order valence-corrected chi connectivity index (χ4v) is 5.51. The molecule has 0 unspecified atom stereocenters. The van der Waals surface area contributed by atoms with Crippen LogP contribution in [0.25, 0.3) is 0 Å². The number of aliphatic hydroxyl groups is 1. The number of hydrogen-bond acceptors (Lipinski definition) is 1. The highest BCUT2D eigenvalue weighted by Crippen LogP contribution is 2.73. The maximum atomic E-state index is 10.5. The smallest absolute Gasteiger partial charge is 0.0636 e. The molecule has 0 saturated heterocycles. The lowest BCUT2D eigenvalue weighted by Gasteiger charge is -2.43. The van der Waals surface area contributed by atoms with E-state index in [1.165, 1.54) is 18.4 Å². The first-order chi connectivity index (χ1) is 7.43. The third kappa shape index (κ3) is 0.895. The lowest BCUT2D eigenvalue weighted by molar-refractivity contribution is 0.0115. The summed E-state index contributed by atoms with van der Waals surface area (Å²) >= 11 is 0. The summed E-state index contributed by atoms with van der Waals surface area (Å²) in [5, 5.41) is 10.5. The van der Waals surface area contributed by atoms with Gasteiger partial charge in [-0.25, -0.2) is 0 Å². The van der Waals surface area contributed by atoms with Gasteiger partial charge in [0.05, 0.1) is 6.10 Å². The van der Waals surface area contributed by atoms with Gasteiger partial charge in [0.15, 0.2) is 0 Å². The van der Waals surface area contributed by atoms with Crippen molar-refractivity contribution in [3.8, 4) is 0 Å². The molecule has 16 heavy (non-hydrogen) atoms. The van der Waals surface area contributed by atoms with Crippen LogP contribution < -0.4 is 0 Å². The largest absolute Gasteiger partial charge is 0.392 e. The van der Waals surface area contributed by atoms with Crippen molar-refractivity contribution in [2.75, 3.05) is 0 Å². The standard InChI is InChI=1S/C15H24O/c1-9-5-6-15-11(3)10(2)8-14(15,4)13(16)7-12(9)15/h8-9,11-13,16H,5-7H2,1-4H3/t9-,11+,12+,13+,14-,15-/m1/s1. The summed E-state index contributed by atoms with van der Waals surface area (Å²) in [6.07, 6.45) is 6.01. The minimum absolute atomic E-state index is 0.0614. The maximum Gasteiger partial charge on any atom is 0.0636 e. The zero-order valence-corrected chi connectivity index (χ0v) is 11.0. The molecule has 0 aromatic heterocycles. The van der Waals surface area contributed by atoms with Crippen LogP contribution in [0.4, 0.5) is 0 Å². The molecular weight excluding hydrogens is 196 g/mol. The molecule has 0 aromatic carbocycles. The van der Waals surface area contributed by atoms with E-state index < -0.39 is 0 Å². The van der Waals surface area contributed by atoms with Crippen LogP contribution in [-0.2, 0) is 0 Å². The Morgan fingerprint density at radius 3 is 2.75 bits per heavy atom. The van der Waals surface area contributed by atoms with Gasteiger partial charge in [-0.1, -0.05) is 32.4 Å². The molecule has 1 N–H and O–H groups in total. The molecule has 1 heteroatoms. The second kappa shape index (κ2) is 2.93. The summed E-state index contributed by atoms with van der Waals surface area (Å²) in [5.41, 5.74) is 1.96. The van der Waals surface area contributed by atoms with Crippen molar-refractivity contribution in [2.45, 2.75) is 53.1 Å². The van der Waals surface area contributed by atoms with Gasteiger partial charge in [0.25, 0.3) is 0 Å².